The number of nitro benzene ring substituents is 1. The molecule has 0 spiro atoms. The fraction of sp³-hybridized carbons (Fsp3) is 0.385. The molecule has 1 rings (SSSR count). The second-order valence-electron chi connectivity index (χ2n) is 3.97. The molecule has 1 aromatic rings. The summed E-state index contributed by atoms with van der Waals surface area (Å²) in [6, 6.07) is 6.05. The van der Waals surface area contributed by atoms with Crippen LogP contribution in [0.1, 0.15) is 18.9 Å². The third-order valence-corrected chi connectivity index (χ3v) is 2.50. The van der Waals surface area contributed by atoms with Crippen LogP contribution in [0, 0.1) is 10.1 Å². The van der Waals surface area contributed by atoms with Gasteiger partial charge in [-0.15, -0.1) is 0 Å². The van der Waals surface area contributed by atoms with Crippen molar-refractivity contribution < 1.29 is 19.2 Å². The summed E-state index contributed by atoms with van der Waals surface area (Å²) in [5.41, 5.74) is 0.249. The first-order valence-electron chi connectivity index (χ1n) is 6.19. The zero-order chi connectivity index (χ0) is 15.0. The van der Waals surface area contributed by atoms with Gasteiger partial charge in [0.2, 0.25) is 5.91 Å². The third-order valence-electron chi connectivity index (χ3n) is 2.50. The molecule has 1 amide bonds. The Hall–Kier alpha value is -2.44. The normalized spacial score (nSPS) is 9.85. The van der Waals surface area contributed by atoms with Gasteiger partial charge in [-0.2, -0.15) is 0 Å². The van der Waals surface area contributed by atoms with Gasteiger partial charge in [0.05, 0.1) is 24.4 Å². The van der Waals surface area contributed by atoms with Crippen molar-refractivity contribution in [1.29, 1.82) is 0 Å². The molecule has 0 aliphatic rings. The number of nitro groups is 1. The molecule has 0 aromatic heterocycles. The molecule has 0 saturated carbocycles. The van der Waals surface area contributed by atoms with E-state index in [2.05, 4.69) is 5.32 Å². The molecule has 7 heteroatoms. The van der Waals surface area contributed by atoms with Crippen molar-refractivity contribution in [3.05, 3.63) is 39.9 Å². The minimum absolute atomic E-state index is 0.0798. The van der Waals surface area contributed by atoms with Crippen LogP contribution in [0.4, 0.5) is 5.69 Å². The average molecular weight is 280 g/mol. The first-order chi connectivity index (χ1) is 9.54. The molecule has 0 aliphatic heterocycles. The van der Waals surface area contributed by atoms with Crippen LogP contribution in [-0.4, -0.2) is 30.0 Å². The number of ether oxygens (including phenoxy) is 1. The topological polar surface area (TPSA) is 98.5 Å². The van der Waals surface area contributed by atoms with E-state index in [9.17, 15) is 19.7 Å². The molecule has 0 radical (unpaired) electrons. The van der Waals surface area contributed by atoms with Gasteiger partial charge in [0.25, 0.3) is 5.69 Å². The molecule has 0 aliphatic carbocycles. The van der Waals surface area contributed by atoms with Crippen LogP contribution in [0.25, 0.3) is 0 Å². The lowest BCUT2D eigenvalue weighted by Crippen LogP contribution is -2.28. The molecule has 0 heterocycles. The van der Waals surface area contributed by atoms with Gasteiger partial charge in [-0.1, -0.05) is 18.2 Å². The van der Waals surface area contributed by atoms with Crippen molar-refractivity contribution in [1.82, 2.24) is 5.32 Å². The van der Waals surface area contributed by atoms with E-state index in [0.717, 1.165) is 0 Å². The number of hydrogen-bond donors (Lipinski definition) is 1. The Balaban J connectivity index is 2.47. The Morgan fingerprint density at radius 1 is 1.35 bits per heavy atom. The second-order valence-corrected chi connectivity index (χ2v) is 3.97. The van der Waals surface area contributed by atoms with E-state index in [1.165, 1.54) is 12.1 Å². The molecule has 108 valence electrons. The van der Waals surface area contributed by atoms with Crippen molar-refractivity contribution in [2.24, 2.45) is 0 Å². The number of nitrogens with zero attached hydrogens (tertiary/aromatic N) is 1. The summed E-state index contributed by atoms with van der Waals surface area (Å²) in [4.78, 5) is 33.0. The highest BCUT2D eigenvalue weighted by atomic mass is 16.6. The summed E-state index contributed by atoms with van der Waals surface area (Å²) >= 11 is 0. The lowest BCUT2D eigenvalue weighted by molar-refractivity contribution is -0.385. The zero-order valence-electron chi connectivity index (χ0n) is 11.1. The highest BCUT2D eigenvalue weighted by molar-refractivity contribution is 5.80. The number of para-hydroxylation sites is 1. The Kier molecular flexibility index (Phi) is 6.15. The molecular weight excluding hydrogens is 264 g/mol. The number of carbonyl (C=O) groups is 2. The van der Waals surface area contributed by atoms with Crippen LogP contribution in [0.15, 0.2) is 24.3 Å². The maximum absolute atomic E-state index is 11.6. The van der Waals surface area contributed by atoms with Gasteiger partial charge in [0.1, 0.15) is 0 Å². The van der Waals surface area contributed by atoms with Gasteiger partial charge in [-0.3, -0.25) is 19.7 Å². The van der Waals surface area contributed by atoms with E-state index >= 15 is 0 Å². The van der Waals surface area contributed by atoms with E-state index in [0.29, 0.717) is 12.2 Å². The van der Waals surface area contributed by atoms with Gasteiger partial charge < -0.3 is 10.1 Å². The summed E-state index contributed by atoms with van der Waals surface area (Å²) in [6.45, 7) is 2.15. The van der Waals surface area contributed by atoms with Crippen molar-refractivity contribution in [3.8, 4) is 0 Å². The smallest absolute Gasteiger partial charge is 0.307 e. The van der Waals surface area contributed by atoms with Crippen LogP contribution >= 0.6 is 0 Å². The summed E-state index contributed by atoms with van der Waals surface area (Å²) in [5, 5.41) is 13.3. The van der Waals surface area contributed by atoms with Gasteiger partial charge in [0, 0.05) is 18.2 Å². The molecule has 0 unspecified atom stereocenters. The number of hydrogen-bond acceptors (Lipinski definition) is 5. The monoisotopic (exact) mass is 280 g/mol. The predicted molar refractivity (Wildman–Crippen MR) is 71.1 cm³/mol. The highest BCUT2D eigenvalue weighted by Gasteiger charge is 2.15. The molecule has 20 heavy (non-hydrogen) atoms. The number of carbonyl (C=O) groups excluding carboxylic acids is 2. The Labute approximate surface area is 116 Å². The molecular formula is C13H16N2O5. The fourth-order valence-electron chi connectivity index (χ4n) is 1.61. The van der Waals surface area contributed by atoms with E-state index in [1.807, 2.05) is 0 Å². The van der Waals surface area contributed by atoms with E-state index in [1.54, 1.807) is 19.1 Å². The van der Waals surface area contributed by atoms with E-state index in [-0.39, 0.29) is 31.0 Å². The number of esters is 1. The van der Waals surface area contributed by atoms with Crippen molar-refractivity contribution in [2.45, 2.75) is 19.8 Å². The fourth-order valence-corrected chi connectivity index (χ4v) is 1.61. The summed E-state index contributed by atoms with van der Waals surface area (Å²) in [5.74, 6) is -0.762. The standard InChI is InChI=1S/C13H16N2O5/c1-2-20-13(17)7-8-14-12(16)9-10-5-3-4-6-11(10)15(18)19/h3-6H,2,7-9H2,1H3,(H,14,16). The molecule has 0 fully saturated rings. The SMILES string of the molecule is CCOC(=O)CCNC(=O)Cc1ccccc1[N+](=O)[O-]. The quantitative estimate of drug-likeness (QED) is 0.460. The summed E-state index contributed by atoms with van der Waals surface area (Å²) in [7, 11) is 0. The van der Waals surface area contributed by atoms with Gasteiger partial charge in [0.15, 0.2) is 0 Å². The molecule has 1 aromatic carbocycles. The number of nitrogens with one attached hydrogen (secondary N) is 1. The summed E-state index contributed by atoms with van der Waals surface area (Å²) in [6.07, 6.45) is -0.0174. The van der Waals surface area contributed by atoms with Crippen LogP contribution in [0.3, 0.4) is 0 Å². The number of benzene rings is 1. The lowest BCUT2D eigenvalue weighted by Gasteiger charge is -2.05. The van der Waals surface area contributed by atoms with Crippen molar-refractivity contribution >= 4 is 17.6 Å². The molecule has 7 nitrogen and oxygen atoms in total. The first-order valence-corrected chi connectivity index (χ1v) is 6.19. The third kappa shape index (κ3) is 5.05. The predicted octanol–water partition coefficient (Wildman–Crippen LogP) is 1.21. The molecule has 1 N–H and O–H groups in total. The second kappa shape index (κ2) is 7.88. The van der Waals surface area contributed by atoms with E-state index in [4.69, 9.17) is 4.74 Å². The Bertz CT molecular complexity index is 501. The van der Waals surface area contributed by atoms with Crippen LogP contribution < -0.4 is 5.32 Å². The van der Waals surface area contributed by atoms with Crippen LogP contribution in [0.5, 0.6) is 0 Å². The average Bonchev–Trinajstić information content (AvgIpc) is 2.39. The lowest BCUT2D eigenvalue weighted by atomic mass is 10.1. The van der Waals surface area contributed by atoms with Crippen LogP contribution in [0.2, 0.25) is 0 Å². The molecule has 0 bridgehead atoms. The summed E-state index contributed by atoms with van der Waals surface area (Å²) < 4.78 is 4.71. The van der Waals surface area contributed by atoms with Crippen molar-refractivity contribution in [3.63, 3.8) is 0 Å². The molecule has 0 saturated heterocycles. The van der Waals surface area contributed by atoms with Crippen LogP contribution in [-0.2, 0) is 20.7 Å². The van der Waals surface area contributed by atoms with Gasteiger partial charge >= 0.3 is 5.97 Å². The minimum atomic E-state index is -0.527. The number of amides is 1. The minimum Gasteiger partial charge on any atom is -0.466 e. The maximum Gasteiger partial charge on any atom is 0.307 e. The highest BCUT2D eigenvalue weighted by Crippen LogP contribution is 2.17. The van der Waals surface area contributed by atoms with Gasteiger partial charge in [-0.05, 0) is 6.92 Å². The maximum atomic E-state index is 11.6. The zero-order valence-corrected chi connectivity index (χ0v) is 11.1. The number of rotatable bonds is 7. The van der Waals surface area contributed by atoms with Gasteiger partial charge in [-0.25, -0.2) is 0 Å². The largest absolute Gasteiger partial charge is 0.466 e. The van der Waals surface area contributed by atoms with Crippen molar-refractivity contribution in [2.75, 3.05) is 13.2 Å². The van der Waals surface area contributed by atoms with E-state index < -0.39 is 10.9 Å². The Morgan fingerprint density at radius 3 is 2.70 bits per heavy atom. The first kappa shape index (κ1) is 15.6. The molecule has 0 atom stereocenters. The Morgan fingerprint density at radius 2 is 2.05 bits per heavy atom.